The molecular formula is C19H25ClN2O2. The maximum Gasteiger partial charge on any atom is 0.240 e. The number of aryl methyl sites for hydroxylation is 1. The van der Waals surface area contributed by atoms with Gasteiger partial charge in [-0.15, -0.1) is 0 Å². The van der Waals surface area contributed by atoms with Crippen LogP contribution in [0.5, 0.6) is 0 Å². The summed E-state index contributed by atoms with van der Waals surface area (Å²) < 4.78 is 0. The molecule has 2 fully saturated rings. The van der Waals surface area contributed by atoms with Gasteiger partial charge in [0, 0.05) is 16.8 Å². The van der Waals surface area contributed by atoms with E-state index in [0.717, 1.165) is 31.2 Å². The number of carbonyl (C=O) groups excluding carboxylic acids is 2. The highest BCUT2D eigenvalue weighted by atomic mass is 35.5. The number of nitrogens with one attached hydrogen (secondary N) is 2. The molecule has 3 rings (SSSR count). The molecule has 0 aliphatic heterocycles. The van der Waals surface area contributed by atoms with Crippen LogP contribution in [0.25, 0.3) is 0 Å². The highest BCUT2D eigenvalue weighted by Gasteiger charge is 2.56. The lowest BCUT2D eigenvalue weighted by atomic mass is 10.0. The van der Waals surface area contributed by atoms with Gasteiger partial charge in [-0.25, -0.2) is 0 Å². The highest BCUT2D eigenvalue weighted by molar-refractivity contribution is 6.31. The van der Waals surface area contributed by atoms with E-state index in [1.165, 1.54) is 12.8 Å². The lowest BCUT2D eigenvalue weighted by molar-refractivity contribution is -0.134. The fourth-order valence-electron chi connectivity index (χ4n) is 3.35. The van der Waals surface area contributed by atoms with E-state index in [1.54, 1.807) is 6.07 Å². The molecule has 2 aliphatic rings. The summed E-state index contributed by atoms with van der Waals surface area (Å²) in [6.07, 6.45) is 8.10. The molecule has 0 heterocycles. The number of amides is 2. The van der Waals surface area contributed by atoms with E-state index < -0.39 is 5.41 Å². The van der Waals surface area contributed by atoms with Crippen LogP contribution >= 0.6 is 11.6 Å². The van der Waals surface area contributed by atoms with Gasteiger partial charge in [-0.05, 0) is 50.3 Å². The predicted molar refractivity (Wildman–Crippen MR) is 96.1 cm³/mol. The van der Waals surface area contributed by atoms with Gasteiger partial charge in [0.15, 0.2) is 0 Å². The van der Waals surface area contributed by atoms with Crippen molar-refractivity contribution in [3.05, 3.63) is 28.8 Å². The second kappa shape index (κ2) is 7.14. The third-order valence-electron chi connectivity index (χ3n) is 5.24. The van der Waals surface area contributed by atoms with E-state index in [1.807, 2.05) is 19.1 Å². The zero-order chi connectivity index (χ0) is 17.2. The molecular weight excluding hydrogens is 324 g/mol. The highest BCUT2D eigenvalue weighted by Crippen LogP contribution is 2.47. The van der Waals surface area contributed by atoms with Crippen LogP contribution in [0.15, 0.2) is 18.2 Å². The first-order chi connectivity index (χ1) is 11.5. The second-order valence-electron chi connectivity index (χ2n) is 7.16. The van der Waals surface area contributed by atoms with Crippen LogP contribution in [0.1, 0.15) is 56.9 Å². The Morgan fingerprint density at radius 1 is 1.08 bits per heavy atom. The molecule has 0 spiro atoms. The molecule has 2 amide bonds. The summed E-state index contributed by atoms with van der Waals surface area (Å²) in [5.74, 6) is -0.321. The van der Waals surface area contributed by atoms with Crippen molar-refractivity contribution in [1.29, 1.82) is 0 Å². The van der Waals surface area contributed by atoms with Gasteiger partial charge in [-0.1, -0.05) is 43.4 Å². The van der Waals surface area contributed by atoms with Crippen molar-refractivity contribution in [1.82, 2.24) is 5.32 Å². The summed E-state index contributed by atoms with van der Waals surface area (Å²) in [5.41, 5.74) is 0.718. The van der Waals surface area contributed by atoms with Gasteiger partial charge in [-0.2, -0.15) is 0 Å². The van der Waals surface area contributed by atoms with Crippen molar-refractivity contribution in [3.63, 3.8) is 0 Å². The topological polar surface area (TPSA) is 58.2 Å². The maximum atomic E-state index is 12.7. The van der Waals surface area contributed by atoms with Crippen molar-refractivity contribution in [2.24, 2.45) is 5.41 Å². The van der Waals surface area contributed by atoms with Crippen LogP contribution in [0.2, 0.25) is 5.02 Å². The van der Waals surface area contributed by atoms with Gasteiger partial charge in [-0.3, -0.25) is 9.59 Å². The number of anilines is 1. The third kappa shape index (κ3) is 3.75. The Hall–Kier alpha value is -1.55. The Kier molecular flexibility index (Phi) is 5.14. The van der Waals surface area contributed by atoms with Gasteiger partial charge in [0.25, 0.3) is 0 Å². The number of rotatable bonds is 4. The van der Waals surface area contributed by atoms with E-state index in [0.29, 0.717) is 23.6 Å². The minimum atomic E-state index is -0.885. The average Bonchev–Trinajstić information content (AvgIpc) is 3.36. The minimum absolute atomic E-state index is 0.106. The normalized spacial score (nSPS) is 20.1. The number of hydrogen-bond donors (Lipinski definition) is 2. The standard InChI is InChI=1S/C19H25ClN2O2/c1-13-8-9-15(12-16(13)20)22-18(24)19(10-11-19)17(23)21-14-6-4-2-3-5-7-14/h8-9,12,14H,2-7,10-11H2,1H3,(H,21,23)(H,22,24). The number of benzene rings is 1. The molecule has 0 saturated heterocycles. The average molecular weight is 349 g/mol. The quantitative estimate of drug-likeness (QED) is 0.632. The summed E-state index contributed by atoms with van der Waals surface area (Å²) in [7, 11) is 0. The molecule has 0 bridgehead atoms. The molecule has 1 aromatic carbocycles. The van der Waals surface area contributed by atoms with Crippen LogP contribution in [0.4, 0.5) is 5.69 Å². The maximum absolute atomic E-state index is 12.7. The van der Waals surface area contributed by atoms with Crippen molar-refractivity contribution in [3.8, 4) is 0 Å². The minimum Gasteiger partial charge on any atom is -0.352 e. The Labute approximate surface area is 148 Å². The smallest absolute Gasteiger partial charge is 0.240 e. The van der Waals surface area contributed by atoms with Crippen LogP contribution in [-0.2, 0) is 9.59 Å². The molecule has 2 saturated carbocycles. The molecule has 2 aliphatic carbocycles. The first kappa shape index (κ1) is 17.3. The Balaban J connectivity index is 1.62. The van der Waals surface area contributed by atoms with Gasteiger partial charge in [0.1, 0.15) is 5.41 Å². The summed E-state index contributed by atoms with van der Waals surface area (Å²) in [6.45, 7) is 1.91. The number of hydrogen-bond acceptors (Lipinski definition) is 2. The molecule has 0 unspecified atom stereocenters. The molecule has 0 aromatic heterocycles. The molecule has 4 nitrogen and oxygen atoms in total. The molecule has 2 N–H and O–H groups in total. The zero-order valence-corrected chi connectivity index (χ0v) is 14.9. The molecule has 5 heteroatoms. The predicted octanol–water partition coefficient (Wildman–Crippen LogP) is 4.21. The Bertz CT molecular complexity index is 632. The van der Waals surface area contributed by atoms with Crippen LogP contribution in [0, 0.1) is 12.3 Å². The van der Waals surface area contributed by atoms with E-state index in [9.17, 15) is 9.59 Å². The monoisotopic (exact) mass is 348 g/mol. The molecule has 24 heavy (non-hydrogen) atoms. The summed E-state index contributed by atoms with van der Waals surface area (Å²) in [6, 6.07) is 5.63. The van der Waals surface area contributed by atoms with Crippen LogP contribution in [0.3, 0.4) is 0 Å². The largest absolute Gasteiger partial charge is 0.352 e. The van der Waals surface area contributed by atoms with Crippen molar-refractivity contribution >= 4 is 29.1 Å². The van der Waals surface area contributed by atoms with Gasteiger partial charge in [0.05, 0.1) is 0 Å². The van der Waals surface area contributed by atoms with E-state index >= 15 is 0 Å². The molecule has 0 atom stereocenters. The fourth-order valence-corrected chi connectivity index (χ4v) is 3.53. The summed E-state index contributed by atoms with van der Waals surface area (Å²) in [5, 5.41) is 6.59. The van der Waals surface area contributed by atoms with E-state index in [-0.39, 0.29) is 17.9 Å². The number of halogens is 1. The summed E-state index contributed by atoms with van der Waals surface area (Å²) >= 11 is 6.10. The SMILES string of the molecule is Cc1ccc(NC(=O)C2(C(=O)NC3CCCCCC3)CC2)cc1Cl. The van der Waals surface area contributed by atoms with E-state index in [4.69, 9.17) is 11.6 Å². The Morgan fingerprint density at radius 2 is 1.75 bits per heavy atom. The van der Waals surface area contributed by atoms with Gasteiger partial charge < -0.3 is 10.6 Å². The lowest BCUT2D eigenvalue weighted by Crippen LogP contribution is -2.44. The van der Waals surface area contributed by atoms with Crippen LogP contribution < -0.4 is 10.6 Å². The van der Waals surface area contributed by atoms with E-state index in [2.05, 4.69) is 10.6 Å². The van der Waals surface area contributed by atoms with Crippen LogP contribution in [-0.4, -0.2) is 17.9 Å². The first-order valence-electron chi connectivity index (χ1n) is 8.90. The van der Waals surface area contributed by atoms with Crippen molar-refractivity contribution < 1.29 is 9.59 Å². The zero-order valence-electron chi connectivity index (χ0n) is 14.2. The van der Waals surface area contributed by atoms with Gasteiger partial charge >= 0.3 is 0 Å². The summed E-state index contributed by atoms with van der Waals surface area (Å²) in [4.78, 5) is 25.3. The fraction of sp³-hybridized carbons (Fsp3) is 0.579. The van der Waals surface area contributed by atoms with Crippen molar-refractivity contribution in [2.75, 3.05) is 5.32 Å². The number of carbonyl (C=O) groups is 2. The molecule has 0 radical (unpaired) electrons. The second-order valence-corrected chi connectivity index (χ2v) is 7.57. The lowest BCUT2D eigenvalue weighted by Gasteiger charge is -2.21. The molecule has 1 aromatic rings. The van der Waals surface area contributed by atoms with Crippen molar-refractivity contribution in [2.45, 2.75) is 64.3 Å². The Morgan fingerprint density at radius 3 is 2.33 bits per heavy atom. The first-order valence-corrected chi connectivity index (χ1v) is 9.28. The van der Waals surface area contributed by atoms with Gasteiger partial charge in [0.2, 0.25) is 11.8 Å². The molecule has 130 valence electrons. The third-order valence-corrected chi connectivity index (χ3v) is 5.65.